The molecule has 0 saturated carbocycles. The zero-order chi connectivity index (χ0) is 12.7. The molecule has 17 heavy (non-hydrogen) atoms. The lowest BCUT2D eigenvalue weighted by Gasteiger charge is -2.11. The van der Waals surface area contributed by atoms with Crippen molar-refractivity contribution in [2.24, 2.45) is 0 Å². The molecule has 4 nitrogen and oxygen atoms in total. The van der Waals surface area contributed by atoms with Crippen molar-refractivity contribution in [3.8, 4) is 5.75 Å². The third-order valence-corrected chi connectivity index (χ3v) is 2.76. The van der Waals surface area contributed by atoms with Gasteiger partial charge in [-0.05, 0) is 28.4 Å². The van der Waals surface area contributed by atoms with Gasteiger partial charge < -0.3 is 15.2 Å². The number of aliphatic hydroxyl groups excluding tert-OH is 1. The van der Waals surface area contributed by atoms with E-state index in [9.17, 15) is 4.79 Å². The van der Waals surface area contributed by atoms with Crippen LogP contribution in [0, 0.1) is 0 Å². The maximum Gasteiger partial charge on any atom is 0.257 e. The van der Waals surface area contributed by atoms with Gasteiger partial charge in [0.25, 0.3) is 5.91 Å². The van der Waals surface area contributed by atoms with Crippen LogP contribution >= 0.6 is 15.9 Å². The molecule has 1 aromatic rings. The first kappa shape index (κ1) is 14.0. The van der Waals surface area contributed by atoms with Gasteiger partial charge in [0, 0.05) is 12.1 Å². The molecule has 0 aliphatic rings. The highest BCUT2D eigenvalue weighted by Gasteiger charge is 2.09. The highest BCUT2D eigenvalue weighted by Crippen LogP contribution is 2.28. The Hall–Kier alpha value is -1.07. The standard InChI is InChI=1S/C12H16BrNO3/c1-2-6-14-11(16)8-17-12-9(7-15)4-3-5-10(12)13/h3-5,15H,2,6-8H2,1H3,(H,14,16). The van der Waals surface area contributed by atoms with E-state index in [4.69, 9.17) is 9.84 Å². The van der Waals surface area contributed by atoms with E-state index >= 15 is 0 Å². The molecule has 2 N–H and O–H groups in total. The van der Waals surface area contributed by atoms with Crippen molar-refractivity contribution in [2.45, 2.75) is 20.0 Å². The van der Waals surface area contributed by atoms with Crippen molar-refractivity contribution >= 4 is 21.8 Å². The lowest BCUT2D eigenvalue weighted by atomic mass is 10.2. The van der Waals surface area contributed by atoms with Crippen LogP contribution in [0.15, 0.2) is 22.7 Å². The number of nitrogens with one attached hydrogen (secondary N) is 1. The smallest absolute Gasteiger partial charge is 0.257 e. The summed E-state index contributed by atoms with van der Waals surface area (Å²) in [5.74, 6) is 0.355. The van der Waals surface area contributed by atoms with Gasteiger partial charge in [0.05, 0.1) is 11.1 Å². The van der Waals surface area contributed by atoms with Crippen molar-refractivity contribution in [2.75, 3.05) is 13.2 Å². The highest BCUT2D eigenvalue weighted by atomic mass is 79.9. The molecule has 0 atom stereocenters. The number of hydrogen-bond donors (Lipinski definition) is 2. The van der Waals surface area contributed by atoms with Crippen LogP contribution in [0.4, 0.5) is 0 Å². The molecule has 5 heteroatoms. The Bertz CT molecular complexity index is 382. The van der Waals surface area contributed by atoms with E-state index in [1.165, 1.54) is 0 Å². The summed E-state index contributed by atoms with van der Waals surface area (Å²) in [6.45, 7) is 2.46. The molecule has 0 spiro atoms. The molecular formula is C12H16BrNO3. The maximum absolute atomic E-state index is 11.4. The van der Waals surface area contributed by atoms with Crippen molar-refractivity contribution in [1.29, 1.82) is 0 Å². The predicted octanol–water partition coefficient (Wildman–Crippen LogP) is 1.85. The molecule has 0 saturated heterocycles. The Morgan fingerprint density at radius 3 is 2.94 bits per heavy atom. The van der Waals surface area contributed by atoms with Crippen LogP contribution in [-0.2, 0) is 11.4 Å². The van der Waals surface area contributed by atoms with Crippen LogP contribution in [0.1, 0.15) is 18.9 Å². The molecule has 0 aromatic heterocycles. The summed E-state index contributed by atoms with van der Waals surface area (Å²) >= 11 is 3.32. The van der Waals surface area contributed by atoms with E-state index < -0.39 is 0 Å². The number of halogens is 1. The summed E-state index contributed by atoms with van der Waals surface area (Å²) < 4.78 is 6.13. The third-order valence-electron chi connectivity index (χ3n) is 2.14. The van der Waals surface area contributed by atoms with Gasteiger partial charge >= 0.3 is 0 Å². The number of benzene rings is 1. The predicted molar refractivity (Wildman–Crippen MR) is 68.9 cm³/mol. The number of carbonyl (C=O) groups is 1. The van der Waals surface area contributed by atoms with Gasteiger partial charge in [0.2, 0.25) is 0 Å². The summed E-state index contributed by atoms with van der Waals surface area (Å²) in [7, 11) is 0. The number of rotatable bonds is 6. The summed E-state index contributed by atoms with van der Waals surface area (Å²) in [5.41, 5.74) is 0.655. The molecular weight excluding hydrogens is 286 g/mol. The highest BCUT2D eigenvalue weighted by molar-refractivity contribution is 9.10. The van der Waals surface area contributed by atoms with Gasteiger partial charge in [-0.3, -0.25) is 4.79 Å². The summed E-state index contributed by atoms with van der Waals surface area (Å²) in [4.78, 5) is 11.4. The van der Waals surface area contributed by atoms with E-state index in [0.29, 0.717) is 17.9 Å². The maximum atomic E-state index is 11.4. The molecule has 94 valence electrons. The Labute approximate surface area is 109 Å². The van der Waals surface area contributed by atoms with Gasteiger partial charge in [-0.15, -0.1) is 0 Å². The molecule has 1 rings (SSSR count). The van der Waals surface area contributed by atoms with Crippen LogP contribution < -0.4 is 10.1 Å². The van der Waals surface area contributed by atoms with Gasteiger partial charge in [-0.2, -0.15) is 0 Å². The molecule has 0 aliphatic heterocycles. The lowest BCUT2D eigenvalue weighted by molar-refractivity contribution is -0.123. The average Bonchev–Trinajstić information content (AvgIpc) is 2.34. The third kappa shape index (κ3) is 4.36. The van der Waals surface area contributed by atoms with E-state index in [-0.39, 0.29) is 19.1 Å². The van der Waals surface area contributed by atoms with Crippen molar-refractivity contribution in [3.05, 3.63) is 28.2 Å². The van der Waals surface area contributed by atoms with Crippen molar-refractivity contribution in [3.63, 3.8) is 0 Å². The number of hydrogen-bond acceptors (Lipinski definition) is 3. The largest absolute Gasteiger partial charge is 0.482 e. The zero-order valence-corrected chi connectivity index (χ0v) is 11.3. The van der Waals surface area contributed by atoms with E-state index in [1.54, 1.807) is 18.2 Å². The van der Waals surface area contributed by atoms with Crippen LogP contribution in [-0.4, -0.2) is 24.2 Å². The van der Waals surface area contributed by atoms with E-state index in [0.717, 1.165) is 10.9 Å². The Balaban J connectivity index is 2.59. The van der Waals surface area contributed by atoms with Crippen LogP contribution in [0.5, 0.6) is 5.75 Å². The first-order valence-corrected chi connectivity index (χ1v) is 6.26. The monoisotopic (exact) mass is 301 g/mol. The fourth-order valence-corrected chi connectivity index (χ4v) is 1.81. The average molecular weight is 302 g/mol. The zero-order valence-electron chi connectivity index (χ0n) is 9.70. The second-order valence-corrected chi connectivity index (χ2v) is 4.38. The fourth-order valence-electron chi connectivity index (χ4n) is 1.29. The Morgan fingerprint density at radius 1 is 1.53 bits per heavy atom. The molecule has 0 radical (unpaired) electrons. The molecule has 0 aliphatic carbocycles. The van der Waals surface area contributed by atoms with E-state index in [1.807, 2.05) is 6.92 Å². The van der Waals surface area contributed by atoms with Gasteiger partial charge in [0.15, 0.2) is 6.61 Å². The number of amides is 1. The van der Waals surface area contributed by atoms with Gasteiger partial charge in [-0.25, -0.2) is 0 Å². The second-order valence-electron chi connectivity index (χ2n) is 3.52. The number of para-hydroxylation sites is 1. The summed E-state index contributed by atoms with van der Waals surface area (Å²) in [6.07, 6.45) is 0.892. The minimum atomic E-state index is -0.161. The molecule has 0 heterocycles. The van der Waals surface area contributed by atoms with Gasteiger partial charge in [0.1, 0.15) is 5.75 Å². The molecule has 1 aromatic carbocycles. The SMILES string of the molecule is CCCNC(=O)COc1c(Br)cccc1CO. The van der Waals surface area contributed by atoms with Crippen LogP contribution in [0.3, 0.4) is 0 Å². The topological polar surface area (TPSA) is 58.6 Å². The normalized spacial score (nSPS) is 10.1. The minimum absolute atomic E-state index is 0.0460. The summed E-state index contributed by atoms with van der Waals surface area (Å²) in [5, 5.41) is 11.9. The first-order chi connectivity index (χ1) is 8.19. The first-order valence-electron chi connectivity index (χ1n) is 5.46. The van der Waals surface area contributed by atoms with Crippen LogP contribution in [0.2, 0.25) is 0 Å². The number of aliphatic hydroxyl groups is 1. The molecule has 1 amide bonds. The Morgan fingerprint density at radius 2 is 2.29 bits per heavy atom. The van der Waals surface area contributed by atoms with Crippen molar-refractivity contribution < 1.29 is 14.6 Å². The molecule has 0 fully saturated rings. The van der Waals surface area contributed by atoms with Gasteiger partial charge in [-0.1, -0.05) is 19.1 Å². The Kier molecular flexibility index (Phi) is 6.00. The fraction of sp³-hybridized carbons (Fsp3) is 0.417. The molecule has 0 bridgehead atoms. The number of carbonyl (C=O) groups excluding carboxylic acids is 1. The summed E-state index contributed by atoms with van der Waals surface area (Å²) in [6, 6.07) is 5.36. The van der Waals surface area contributed by atoms with Crippen molar-refractivity contribution in [1.82, 2.24) is 5.32 Å². The second kappa shape index (κ2) is 7.29. The number of ether oxygens (including phenoxy) is 1. The minimum Gasteiger partial charge on any atom is -0.482 e. The lowest BCUT2D eigenvalue weighted by Crippen LogP contribution is -2.29. The van der Waals surface area contributed by atoms with E-state index in [2.05, 4.69) is 21.2 Å². The molecule has 0 unspecified atom stereocenters. The van der Waals surface area contributed by atoms with Crippen LogP contribution in [0.25, 0.3) is 0 Å². The quantitative estimate of drug-likeness (QED) is 0.843.